The number of fused-ring (bicyclic) bond motifs is 1. The van der Waals surface area contributed by atoms with Gasteiger partial charge in [-0.05, 0) is 73.4 Å². The van der Waals surface area contributed by atoms with Crippen molar-refractivity contribution in [3.63, 3.8) is 0 Å². The Morgan fingerprint density at radius 1 is 1.26 bits per heavy atom. The number of aliphatic imine (C=N–C) groups is 1. The second-order valence-electron chi connectivity index (χ2n) is 7.01. The molecule has 0 radical (unpaired) electrons. The lowest BCUT2D eigenvalue weighted by Crippen LogP contribution is -2.07. The zero-order chi connectivity index (χ0) is 22.5. The third-order valence-electron chi connectivity index (χ3n) is 4.83. The first kappa shape index (κ1) is 23.8. The fourth-order valence-corrected chi connectivity index (χ4v) is 5.63. The molecule has 1 aliphatic heterocycles. The Labute approximate surface area is 194 Å². The molecule has 1 atom stereocenters. The molecule has 1 heterocycles. The molecule has 0 saturated carbocycles. The third-order valence-corrected chi connectivity index (χ3v) is 8.18. The monoisotopic (exact) mass is 475 g/mol. The first-order valence-electron chi connectivity index (χ1n) is 9.87. The van der Waals surface area contributed by atoms with Crippen LogP contribution in [0.15, 0.2) is 59.1 Å². The van der Waals surface area contributed by atoms with Crippen molar-refractivity contribution in [2.24, 2.45) is 4.99 Å². The lowest BCUT2D eigenvalue weighted by molar-refractivity contribution is -0.112. The van der Waals surface area contributed by atoms with Gasteiger partial charge >= 0.3 is 0 Å². The summed E-state index contributed by atoms with van der Waals surface area (Å²) in [7, 11) is 0.467. The lowest BCUT2D eigenvalue weighted by Gasteiger charge is -2.15. The van der Waals surface area contributed by atoms with E-state index >= 15 is 0 Å². The van der Waals surface area contributed by atoms with Crippen LogP contribution in [0.1, 0.15) is 43.0 Å². The van der Waals surface area contributed by atoms with Gasteiger partial charge in [0.25, 0.3) is 0 Å². The number of carbonyl (C=O) groups excluding carboxylic acids is 1. The van der Waals surface area contributed by atoms with E-state index in [0.717, 1.165) is 27.8 Å². The Bertz CT molecular complexity index is 1090. The van der Waals surface area contributed by atoms with Gasteiger partial charge in [-0.3, -0.25) is 9.79 Å². The standard InChI is InChI=1S/C24H23ClFNO2S2/c1-4-19-17(10-15(3)28)13-27-24(21-9-7-18(26)12-23(21)25)20-8-6-16(11-22(19)20)14-30-31(29)5-2/h4,6-12H,5,13-14H2,1-3H3/b17-10-,19-4?. The summed E-state index contributed by atoms with van der Waals surface area (Å²) in [5, 5.41) is 0.281. The van der Waals surface area contributed by atoms with Gasteiger partial charge in [0.05, 0.1) is 33.8 Å². The van der Waals surface area contributed by atoms with Crippen LogP contribution in [0, 0.1) is 5.82 Å². The summed E-state index contributed by atoms with van der Waals surface area (Å²) in [4.78, 5) is 16.6. The number of halogens is 2. The van der Waals surface area contributed by atoms with E-state index in [1.54, 1.807) is 12.1 Å². The van der Waals surface area contributed by atoms with E-state index in [9.17, 15) is 13.7 Å². The molecular formula is C24H23ClFNO2S2. The molecule has 1 aliphatic rings. The number of hydrogen-bond acceptors (Lipinski definition) is 4. The molecule has 3 nitrogen and oxygen atoms in total. The Morgan fingerprint density at radius 2 is 2.00 bits per heavy atom. The smallest absolute Gasteiger partial charge is 0.152 e. The Hall–Kier alpha value is -1.86. The van der Waals surface area contributed by atoms with Crippen molar-refractivity contribution in [2.45, 2.75) is 26.5 Å². The number of allylic oxidation sites excluding steroid dienone is 2. The van der Waals surface area contributed by atoms with Crippen LogP contribution in [0.25, 0.3) is 5.57 Å². The summed E-state index contributed by atoms with van der Waals surface area (Å²) >= 11 is 6.36. The van der Waals surface area contributed by atoms with Gasteiger partial charge in [-0.25, -0.2) is 4.39 Å². The quantitative estimate of drug-likeness (QED) is 0.285. The maximum atomic E-state index is 13.6. The normalized spacial score (nSPS) is 17.3. The minimum absolute atomic E-state index is 0.0561. The van der Waals surface area contributed by atoms with Crippen molar-refractivity contribution >= 4 is 49.7 Å². The van der Waals surface area contributed by atoms with Crippen molar-refractivity contribution in [1.82, 2.24) is 0 Å². The van der Waals surface area contributed by atoms with Crippen LogP contribution in [0.2, 0.25) is 5.02 Å². The Kier molecular flexibility index (Phi) is 8.17. The zero-order valence-corrected chi connectivity index (χ0v) is 20.0. The van der Waals surface area contributed by atoms with Crippen LogP contribution < -0.4 is 0 Å². The van der Waals surface area contributed by atoms with Gasteiger partial charge in [-0.1, -0.05) is 29.8 Å². The van der Waals surface area contributed by atoms with Crippen LogP contribution in [0.5, 0.6) is 0 Å². The van der Waals surface area contributed by atoms with E-state index in [-0.39, 0.29) is 10.8 Å². The highest BCUT2D eigenvalue weighted by atomic mass is 35.5. The predicted molar refractivity (Wildman–Crippen MR) is 131 cm³/mol. The van der Waals surface area contributed by atoms with Crippen LogP contribution in [0.4, 0.5) is 4.39 Å². The fourth-order valence-electron chi connectivity index (χ4n) is 3.46. The molecule has 0 aliphatic carbocycles. The van der Waals surface area contributed by atoms with Crippen molar-refractivity contribution in [1.29, 1.82) is 0 Å². The molecule has 3 rings (SSSR count). The first-order chi connectivity index (χ1) is 14.8. The first-order valence-corrected chi connectivity index (χ1v) is 13.1. The second kappa shape index (κ2) is 10.6. The number of ketones is 1. The van der Waals surface area contributed by atoms with Gasteiger partial charge in [0.15, 0.2) is 5.78 Å². The van der Waals surface area contributed by atoms with Crippen molar-refractivity contribution < 1.29 is 13.7 Å². The van der Waals surface area contributed by atoms with Gasteiger partial charge in [-0.2, -0.15) is 0 Å². The summed E-state index contributed by atoms with van der Waals surface area (Å²) < 4.78 is 25.5. The zero-order valence-electron chi connectivity index (χ0n) is 17.6. The van der Waals surface area contributed by atoms with Crippen LogP contribution in [-0.2, 0) is 20.8 Å². The van der Waals surface area contributed by atoms with Gasteiger partial charge in [0.1, 0.15) is 11.6 Å². The van der Waals surface area contributed by atoms with Gasteiger partial charge in [0.2, 0.25) is 0 Å². The molecule has 0 aromatic heterocycles. The predicted octanol–water partition coefficient (Wildman–Crippen LogP) is 6.17. The summed E-state index contributed by atoms with van der Waals surface area (Å²) in [6.45, 7) is 5.64. The van der Waals surface area contributed by atoms with E-state index in [2.05, 4.69) is 6.07 Å². The van der Waals surface area contributed by atoms with E-state index in [0.29, 0.717) is 29.3 Å². The summed E-state index contributed by atoms with van der Waals surface area (Å²) in [5.41, 5.74) is 5.84. The van der Waals surface area contributed by atoms with Gasteiger partial charge in [0, 0.05) is 21.3 Å². The number of rotatable bonds is 6. The maximum absolute atomic E-state index is 13.6. The number of benzene rings is 2. The highest BCUT2D eigenvalue weighted by Gasteiger charge is 2.23. The third kappa shape index (κ3) is 5.69. The van der Waals surface area contributed by atoms with Crippen molar-refractivity contribution in [3.8, 4) is 0 Å². The van der Waals surface area contributed by atoms with Crippen molar-refractivity contribution in [2.75, 3.05) is 12.3 Å². The topological polar surface area (TPSA) is 52.5 Å². The average molecular weight is 476 g/mol. The highest BCUT2D eigenvalue weighted by molar-refractivity contribution is 8.71. The number of hydrogen-bond donors (Lipinski definition) is 0. The molecule has 0 saturated heterocycles. The number of carbonyl (C=O) groups is 1. The highest BCUT2D eigenvalue weighted by Crippen LogP contribution is 2.35. The minimum Gasteiger partial charge on any atom is -0.605 e. The fraction of sp³-hybridized carbons (Fsp3) is 0.250. The van der Waals surface area contributed by atoms with E-state index in [4.69, 9.17) is 16.6 Å². The SMILES string of the molecule is CC=C1/C(=C\C(C)=O)CN=C(c2ccc(F)cc2Cl)c2ccc(CS[S+]([O-])CC)cc21. The maximum Gasteiger partial charge on any atom is 0.152 e. The molecule has 0 amide bonds. The lowest BCUT2D eigenvalue weighted by atomic mass is 9.89. The van der Waals surface area contributed by atoms with Crippen LogP contribution >= 0.6 is 22.4 Å². The molecule has 0 fully saturated rings. The van der Waals surface area contributed by atoms with Gasteiger partial charge in [-0.15, -0.1) is 0 Å². The summed E-state index contributed by atoms with van der Waals surface area (Å²) in [5.74, 6) is 0.742. The largest absolute Gasteiger partial charge is 0.605 e. The number of nitrogens with zero attached hydrogens (tertiary/aromatic N) is 1. The van der Waals surface area contributed by atoms with Crippen molar-refractivity contribution in [3.05, 3.63) is 87.2 Å². The molecule has 2 aromatic rings. The average Bonchev–Trinajstić information content (AvgIpc) is 2.87. The van der Waals surface area contributed by atoms with E-state index in [1.807, 2.05) is 32.1 Å². The molecule has 1 unspecified atom stereocenters. The second-order valence-corrected chi connectivity index (χ2v) is 10.9. The minimum atomic E-state index is -0.931. The Balaban J connectivity index is 2.18. The Morgan fingerprint density at radius 3 is 2.65 bits per heavy atom. The molecule has 31 heavy (non-hydrogen) atoms. The molecule has 0 bridgehead atoms. The molecular weight excluding hydrogens is 453 g/mol. The van der Waals surface area contributed by atoms with E-state index < -0.39 is 16.0 Å². The summed E-state index contributed by atoms with van der Waals surface area (Å²) in [6, 6.07) is 10.3. The van der Waals surface area contributed by atoms with Gasteiger partial charge < -0.3 is 4.55 Å². The molecule has 0 spiro atoms. The van der Waals surface area contributed by atoms with Crippen LogP contribution in [-0.4, -0.2) is 28.3 Å². The van der Waals surface area contributed by atoms with E-state index in [1.165, 1.54) is 29.9 Å². The summed E-state index contributed by atoms with van der Waals surface area (Å²) in [6.07, 6.45) is 3.57. The molecule has 162 valence electrons. The van der Waals surface area contributed by atoms with Crippen LogP contribution in [0.3, 0.4) is 0 Å². The molecule has 7 heteroatoms. The molecule has 0 N–H and O–H groups in total. The molecule has 2 aromatic carbocycles.